The lowest BCUT2D eigenvalue weighted by atomic mass is 10.1. The van der Waals surface area contributed by atoms with E-state index in [-0.39, 0.29) is 11.9 Å². The first-order valence-electron chi connectivity index (χ1n) is 7.17. The number of benzene rings is 1. The third-order valence-corrected chi connectivity index (χ3v) is 3.36. The fourth-order valence-electron chi connectivity index (χ4n) is 1.97. The molecule has 19 heavy (non-hydrogen) atoms. The minimum Gasteiger partial charge on any atom is -0.346 e. The fraction of sp³-hybridized carbons (Fsp3) is 0.562. The van der Waals surface area contributed by atoms with Crippen molar-refractivity contribution in [2.45, 2.75) is 39.2 Å². The minimum absolute atomic E-state index is 0.223. The zero-order valence-corrected chi connectivity index (χ0v) is 12.4. The van der Waals surface area contributed by atoms with Crippen molar-refractivity contribution in [3.8, 4) is 0 Å². The van der Waals surface area contributed by atoms with Crippen LogP contribution in [0.25, 0.3) is 0 Å². The molecule has 1 aromatic rings. The molecule has 3 nitrogen and oxygen atoms in total. The van der Waals surface area contributed by atoms with E-state index in [1.54, 1.807) is 0 Å². The minimum atomic E-state index is 0.223. The summed E-state index contributed by atoms with van der Waals surface area (Å²) in [6, 6.07) is 10.6. The van der Waals surface area contributed by atoms with Gasteiger partial charge in [-0.15, -0.1) is 0 Å². The van der Waals surface area contributed by atoms with Gasteiger partial charge < -0.3 is 10.2 Å². The molecule has 0 saturated heterocycles. The van der Waals surface area contributed by atoms with E-state index in [0.717, 1.165) is 25.9 Å². The number of carbonyl (C=O) groups excluding carboxylic acids is 1. The molecule has 0 heterocycles. The molecule has 1 rings (SSSR count). The number of hydrogen-bond acceptors (Lipinski definition) is 2. The average Bonchev–Trinajstić information content (AvgIpc) is 2.45. The molecule has 0 aliphatic carbocycles. The molecule has 0 bridgehead atoms. The lowest BCUT2D eigenvalue weighted by Gasteiger charge is -2.18. The monoisotopic (exact) mass is 262 g/mol. The Kier molecular flexibility index (Phi) is 7.19. The van der Waals surface area contributed by atoms with Crippen molar-refractivity contribution in [3.63, 3.8) is 0 Å². The Balaban J connectivity index is 2.24. The number of rotatable bonds is 8. The van der Waals surface area contributed by atoms with Crippen molar-refractivity contribution in [2.24, 2.45) is 0 Å². The Morgan fingerprint density at radius 2 is 2.00 bits per heavy atom. The number of carbonyl (C=O) groups is 1. The van der Waals surface area contributed by atoms with Gasteiger partial charge in [0.25, 0.3) is 0 Å². The second kappa shape index (κ2) is 8.70. The van der Waals surface area contributed by atoms with E-state index in [1.807, 2.05) is 30.1 Å². The Morgan fingerprint density at radius 1 is 1.32 bits per heavy atom. The highest BCUT2D eigenvalue weighted by atomic mass is 16.2. The van der Waals surface area contributed by atoms with Crippen molar-refractivity contribution < 1.29 is 4.79 Å². The summed E-state index contributed by atoms with van der Waals surface area (Å²) < 4.78 is 0. The third-order valence-electron chi connectivity index (χ3n) is 3.36. The predicted octanol–water partition coefficient (Wildman–Crippen LogP) is 2.99. The number of nitrogens with one attached hydrogen (secondary N) is 1. The highest BCUT2D eigenvalue weighted by Crippen LogP contribution is 2.10. The maximum absolute atomic E-state index is 11.9. The van der Waals surface area contributed by atoms with E-state index < -0.39 is 0 Å². The second-order valence-corrected chi connectivity index (χ2v) is 5.01. The molecule has 1 N–H and O–H groups in total. The van der Waals surface area contributed by atoms with E-state index in [0.29, 0.717) is 6.42 Å². The smallest absolute Gasteiger partial charge is 0.223 e. The van der Waals surface area contributed by atoms with E-state index >= 15 is 0 Å². The van der Waals surface area contributed by atoms with Crippen LogP contribution in [0, 0.1) is 0 Å². The van der Waals surface area contributed by atoms with Crippen molar-refractivity contribution >= 4 is 5.91 Å². The predicted molar refractivity (Wildman–Crippen MR) is 80.0 cm³/mol. The molecule has 0 spiro atoms. The zero-order chi connectivity index (χ0) is 14.1. The van der Waals surface area contributed by atoms with Gasteiger partial charge in [0.15, 0.2) is 0 Å². The Bertz CT molecular complexity index is 364. The number of nitrogens with zero attached hydrogens (tertiary/aromatic N) is 1. The molecule has 1 unspecified atom stereocenters. The maximum atomic E-state index is 11.9. The molecule has 0 aromatic heterocycles. The average molecular weight is 262 g/mol. The van der Waals surface area contributed by atoms with Gasteiger partial charge in [-0.2, -0.15) is 0 Å². The molecular formula is C16H26N2O. The van der Waals surface area contributed by atoms with Gasteiger partial charge in [-0.3, -0.25) is 4.79 Å². The lowest BCUT2D eigenvalue weighted by Crippen LogP contribution is -2.31. The number of amides is 1. The molecule has 0 aliphatic rings. The molecule has 0 fully saturated rings. The third kappa shape index (κ3) is 5.88. The van der Waals surface area contributed by atoms with Crippen LogP contribution in [-0.4, -0.2) is 30.9 Å². The largest absolute Gasteiger partial charge is 0.346 e. The summed E-state index contributed by atoms with van der Waals surface area (Å²) in [5.41, 5.74) is 1.26. The van der Waals surface area contributed by atoms with Crippen LogP contribution in [0.2, 0.25) is 0 Å². The van der Waals surface area contributed by atoms with Gasteiger partial charge >= 0.3 is 0 Å². The van der Waals surface area contributed by atoms with Crippen LogP contribution in [0.15, 0.2) is 30.3 Å². The SMILES string of the molecule is CCCCN(C)C(=O)CCNC(C)c1ccccc1. The summed E-state index contributed by atoms with van der Waals surface area (Å²) >= 11 is 0. The van der Waals surface area contributed by atoms with Crippen LogP contribution >= 0.6 is 0 Å². The maximum Gasteiger partial charge on any atom is 0.223 e. The summed E-state index contributed by atoms with van der Waals surface area (Å²) in [6.07, 6.45) is 2.77. The molecule has 106 valence electrons. The molecule has 0 radical (unpaired) electrons. The van der Waals surface area contributed by atoms with Crippen molar-refractivity contribution in [2.75, 3.05) is 20.1 Å². The normalized spacial score (nSPS) is 12.2. The summed E-state index contributed by atoms with van der Waals surface area (Å²) in [6.45, 7) is 5.86. The Labute approximate surface area is 117 Å². The summed E-state index contributed by atoms with van der Waals surface area (Å²) in [5.74, 6) is 0.223. The van der Waals surface area contributed by atoms with Gasteiger partial charge in [-0.05, 0) is 18.9 Å². The van der Waals surface area contributed by atoms with Crippen LogP contribution in [0.5, 0.6) is 0 Å². The Hall–Kier alpha value is -1.35. The summed E-state index contributed by atoms with van der Waals surface area (Å²) in [7, 11) is 1.89. The standard InChI is InChI=1S/C16H26N2O/c1-4-5-13-18(3)16(19)11-12-17-14(2)15-9-7-6-8-10-15/h6-10,14,17H,4-5,11-13H2,1-3H3. The van der Waals surface area contributed by atoms with Gasteiger partial charge in [0.05, 0.1) is 0 Å². The second-order valence-electron chi connectivity index (χ2n) is 5.01. The van der Waals surface area contributed by atoms with Gasteiger partial charge in [-0.1, -0.05) is 43.7 Å². The first kappa shape index (κ1) is 15.7. The highest BCUT2D eigenvalue weighted by Gasteiger charge is 2.09. The summed E-state index contributed by atoms with van der Waals surface area (Å²) in [5, 5.41) is 3.39. The van der Waals surface area contributed by atoms with Gasteiger partial charge in [-0.25, -0.2) is 0 Å². The molecule has 1 amide bonds. The van der Waals surface area contributed by atoms with Gasteiger partial charge in [0.2, 0.25) is 5.91 Å². The van der Waals surface area contributed by atoms with Crippen molar-refractivity contribution in [3.05, 3.63) is 35.9 Å². The summed E-state index contributed by atoms with van der Waals surface area (Å²) in [4.78, 5) is 13.7. The van der Waals surface area contributed by atoms with Gasteiger partial charge in [0, 0.05) is 32.6 Å². The number of unbranched alkanes of at least 4 members (excludes halogenated alkanes) is 1. The first-order valence-corrected chi connectivity index (χ1v) is 7.17. The molecule has 0 saturated carbocycles. The van der Waals surface area contributed by atoms with E-state index in [1.165, 1.54) is 5.56 Å². The van der Waals surface area contributed by atoms with Crippen LogP contribution < -0.4 is 5.32 Å². The molecule has 3 heteroatoms. The zero-order valence-electron chi connectivity index (χ0n) is 12.4. The highest BCUT2D eigenvalue weighted by molar-refractivity contribution is 5.76. The van der Waals surface area contributed by atoms with Crippen LogP contribution in [0.3, 0.4) is 0 Å². The molecule has 1 atom stereocenters. The topological polar surface area (TPSA) is 32.3 Å². The molecule has 1 aromatic carbocycles. The van der Waals surface area contributed by atoms with Crippen LogP contribution in [0.1, 0.15) is 44.7 Å². The lowest BCUT2D eigenvalue weighted by molar-refractivity contribution is -0.129. The van der Waals surface area contributed by atoms with Crippen LogP contribution in [0.4, 0.5) is 0 Å². The van der Waals surface area contributed by atoms with E-state index in [9.17, 15) is 4.79 Å². The van der Waals surface area contributed by atoms with Crippen molar-refractivity contribution in [1.29, 1.82) is 0 Å². The number of hydrogen-bond donors (Lipinski definition) is 1. The van der Waals surface area contributed by atoms with Crippen LogP contribution in [-0.2, 0) is 4.79 Å². The fourth-order valence-corrected chi connectivity index (χ4v) is 1.97. The van der Waals surface area contributed by atoms with E-state index in [4.69, 9.17) is 0 Å². The molecular weight excluding hydrogens is 236 g/mol. The van der Waals surface area contributed by atoms with E-state index in [2.05, 4.69) is 31.3 Å². The molecule has 0 aliphatic heterocycles. The van der Waals surface area contributed by atoms with Crippen molar-refractivity contribution in [1.82, 2.24) is 10.2 Å². The Morgan fingerprint density at radius 3 is 2.63 bits per heavy atom. The first-order chi connectivity index (χ1) is 9.15. The van der Waals surface area contributed by atoms with Gasteiger partial charge in [0.1, 0.15) is 0 Å². The quantitative estimate of drug-likeness (QED) is 0.781.